The minimum atomic E-state index is 0.173. The second-order valence-electron chi connectivity index (χ2n) is 6.80. The highest BCUT2D eigenvalue weighted by atomic mass is 16.5. The molecule has 1 aromatic rings. The van der Waals surface area contributed by atoms with Crippen LogP contribution in [0.1, 0.15) is 19.3 Å². The molecule has 134 valence electrons. The highest BCUT2D eigenvalue weighted by Crippen LogP contribution is 2.22. The van der Waals surface area contributed by atoms with E-state index < -0.39 is 0 Å². The van der Waals surface area contributed by atoms with Crippen LogP contribution in [0.15, 0.2) is 12.3 Å². The first-order valence-corrected chi connectivity index (χ1v) is 8.79. The maximum Gasteiger partial charge on any atom is 0.226 e. The molecule has 0 aliphatic carbocycles. The van der Waals surface area contributed by atoms with Crippen molar-refractivity contribution in [2.45, 2.75) is 37.5 Å². The van der Waals surface area contributed by atoms with Crippen molar-refractivity contribution in [1.29, 1.82) is 0 Å². The van der Waals surface area contributed by atoms with Gasteiger partial charge in [-0.25, -0.2) is 4.98 Å². The summed E-state index contributed by atoms with van der Waals surface area (Å²) in [5.74, 6) is 1.70. The van der Waals surface area contributed by atoms with Gasteiger partial charge < -0.3 is 24.6 Å². The Labute approximate surface area is 144 Å². The van der Waals surface area contributed by atoms with Crippen LogP contribution in [0.3, 0.4) is 0 Å². The molecular weight excluding hydrogens is 306 g/mol. The summed E-state index contributed by atoms with van der Waals surface area (Å²) in [6, 6.07) is 2.80. The summed E-state index contributed by atoms with van der Waals surface area (Å²) in [5, 5.41) is 3.80. The summed E-state index contributed by atoms with van der Waals surface area (Å²) in [5.41, 5.74) is 0. The highest BCUT2D eigenvalue weighted by molar-refractivity contribution is 5.45. The molecule has 7 heteroatoms. The van der Waals surface area contributed by atoms with E-state index in [0.29, 0.717) is 12.1 Å². The van der Waals surface area contributed by atoms with Gasteiger partial charge in [0.25, 0.3) is 0 Å². The molecule has 2 saturated heterocycles. The predicted molar refractivity (Wildman–Crippen MR) is 94.8 cm³/mol. The molecule has 3 rings (SSSR count). The molecular formula is C17H29N5O2. The van der Waals surface area contributed by atoms with Crippen molar-refractivity contribution in [3.8, 4) is 0 Å². The van der Waals surface area contributed by atoms with Gasteiger partial charge in [0.15, 0.2) is 0 Å². The zero-order chi connectivity index (χ0) is 16.9. The van der Waals surface area contributed by atoms with Crippen LogP contribution in [0.25, 0.3) is 0 Å². The van der Waals surface area contributed by atoms with Crippen LogP contribution in [-0.2, 0) is 9.47 Å². The monoisotopic (exact) mass is 335 g/mol. The third-order valence-electron chi connectivity index (χ3n) is 4.82. The molecule has 1 unspecified atom stereocenters. The van der Waals surface area contributed by atoms with Gasteiger partial charge in [0.1, 0.15) is 5.82 Å². The van der Waals surface area contributed by atoms with Crippen molar-refractivity contribution in [1.82, 2.24) is 15.3 Å². The fraction of sp³-hybridized carbons (Fsp3) is 0.765. The molecule has 1 aromatic heterocycles. The van der Waals surface area contributed by atoms with E-state index in [-0.39, 0.29) is 6.10 Å². The molecule has 0 spiro atoms. The van der Waals surface area contributed by atoms with E-state index in [1.807, 2.05) is 31.3 Å². The van der Waals surface area contributed by atoms with Gasteiger partial charge in [-0.15, -0.1) is 0 Å². The van der Waals surface area contributed by atoms with Crippen LogP contribution in [-0.4, -0.2) is 75.7 Å². The average molecular weight is 335 g/mol. The lowest BCUT2D eigenvalue weighted by Gasteiger charge is -2.24. The number of anilines is 2. The van der Waals surface area contributed by atoms with Gasteiger partial charge in [-0.2, -0.15) is 4.98 Å². The number of methoxy groups -OCH3 is 1. The molecule has 3 heterocycles. The smallest absolute Gasteiger partial charge is 0.226 e. The Balaban J connectivity index is 1.66. The number of nitrogens with zero attached hydrogens (tertiary/aromatic N) is 4. The average Bonchev–Trinajstić information content (AvgIpc) is 2.82. The first kappa shape index (κ1) is 17.4. The molecule has 2 aliphatic rings. The first-order chi connectivity index (χ1) is 11.7. The van der Waals surface area contributed by atoms with Crippen LogP contribution in [0.4, 0.5) is 11.8 Å². The third-order valence-corrected chi connectivity index (χ3v) is 4.82. The maximum atomic E-state index is 5.74. The van der Waals surface area contributed by atoms with Gasteiger partial charge in [-0.05, 0) is 25.3 Å². The van der Waals surface area contributed by atoms with Gasteiger partial charge in [-0.1, -0.05) is 0 Å². The summed E-state index contributed by atoms with van der Waals surface area (Å²) < 4.78 is 11.3. The third kappa shape index (κ3) is 4.15. The Morgan fingerprint density at radius 3 is 2.96 bits per heavy atom. The zero-order valence-electron chi connectivity index (χ0n) is 14.9. The number of rotatable bonds is 5. The van der Waals surface area contributed by atoms with Gasteiger partial charge >= 0.3 is 0 Å². The van der Waals surface area contributed by atoms with Crippen molar-refractivity contribution in [3.63, 3.8) is 0 Å². The Morgan fingerprint density at radius 1 is 1.29 bits per heavy atom. The molecule has 7 nitrogen and oxygen atoms in total. The minimum Gasteiger partial charge on any atom is -0.381 e. The summed E-state index contributed by atoms with van der Waals surface area (Å²) in [7, 11) is 5.71. The SMILES string of the molecule is CO[C@@H]1CN(c2ccnc(N(C)C)n2)C[C@@H]1NC1CCCOCC1. The van der Waals surface area contributed by atoms with Crippen LogP contribution in [0, 0.1) is 0 Å². The second-order valence-corrected chi connectivity index (χ2v) is 6.80. The zero-order valence-corrected chi connectivity index (χ0v) is 14.9. The van der Waals surface area contributed by atoms with Crippen molar-refractivity contribution < 1.29 is 9.47 Å². The van der Waals surface area contributed by atoms with E-state index in [0.717, 1.165) is 50.9 Å². The van der Waals surface area contributed by atoms with Gasteiger partial charge in [0.05, 0.1) is 12.1 Å². The van der Waals surface area contributed by atoms with E-state index in [1.54, 1.807) is 7.11 Å². The van der Waals surface area contributed by atoms with Crippen molar-refractivity contribution >= 4 is 11.8 Å². The quantitative estimate of drug-likeness (QED) is 0.858. The summed E-state index contributed by atoms with van der Waals surface area (Å²) in [6.45, 7) is 3.49. The Hall–Kier alpha value is -1.44. The number of aromatic nitrogens is 2. The van der Waals surface area contributed by atoms with Crippen LogP contribution in [0.5, 0.6) is 0 Å². The Kier molecular flexibility index (Phi) is 5.86. The van der Waals surface area contributed by atoms with Crippen LogP contribution < -0.4 is 15.1 Å². The molecule has 2 aliphatic heterocycles. The highest BCUT2D eigenvalue weighted by Gasteiger charge is 2.35. The Bertz CT molecular complexity index is 519. The number of hydrogen-bond donors (Lipinski definition) is 1. The fourth-order valence-corrected chi connectivity index (χ4v) is 3.46. The van der Waals surface area contributed by atoms with E-state index in [2.05, 4.69) is 20.2 Å². The second kappa shape index (κ2) is 8.09. The maximum absolute atomic E-state index is 5.74. The molecule has 0 amide bonds. The van der Waals surface area contributed by atoms with Gasteiger partial charge in [0.2, 0.25) is 5.95 Å². The first-order valence-electron chi connectivity index (χ1n) is 8.79. The largest absolute Gasteiger partial charge is 0.381 e. The van der Waals surface area contributed by atoms with Crippen molar-refractivity contribution in [2.75, 3.05) is 57.3 Å². The predicted octanol–water partition coefficient (Wildman–Crippen LogP) is 0.905. The number of nitrogens with one attached hydrogen (secondary N) is 1. The molecule has 0 radical (unpaired) electrons. The normalized spacial score (nSPS) is 28.0. The summed E-state index contributed by atoms with van der Waals surface area (Å²) >= 11 is 0. The molecule has 0 bridgehead atoms. The molecule has 24 heavy (non-hydrogen) atoms. The fourth-order valence-electron chi connectivity index (χ4n) is 3.46. The summed E-state index contributed by atoms with van der Waals surface area (Å²) in [4.78, 5) is 13.2. The lowest BCUT2D eigenvalue weighted by atomic mass is 10.1. The van der Waals surface area contributed by atoms with E-state index in [9.17, 15) is 0 Å². The number of ether oxygens (including phenoxy) is 2. The van der Waals surface area contributed by atoms with Crippen LogP contribution >= 0.6 is 0 Å². The molecule has 0 aromatic carbocycles. The van der Waals surface area contributed by atoms with Crippen LogP contribution in [0.2, 0.25) is 0 Å². The molecule has 1 N–H and O–H groups in total. The van der Waals surface area contributed by atoms with E-state index >= 15 is 0 Å². The van der Waals surface area contributed by atoms with Gasteiger partial charge in [0, 0.05) is 59.7 Å². The van der Waals surface area contributed by atoms with E-state index in [1.165, 1.54) is 6.42 Å². The molecule has 3 atom stereocenters. The van der Waals surface area contributed by atoms with E-state index in [4.69, 9.17) is 9.47 Å². The topological polar surface area (TPSA) is 62.8 Å². The number of hydrogen-bond acceptors (Lipinski definition) is 7. The lowest BCUT2D eigenvalue weighted by Crippen LogP contribution is -2.46. The van der Waals surface area contributed by atoms with Gasteiger partial charge in [-0.3, -0.25) is 0 Å². The lowest BCUT2D eigenvalue weighted by molar-refractivity contribution is 0.0911. The standard InChI is InChI=1S/C17H29N5O2/c1-21(2)17-18-8-6-16(20-17)22-11-14(15(12-22)23-3)19-13-5-4-9-24-10-7-13/h6,8,13-15,19H,4-5,7,9-12H2,1-3H3/t13?,14-,15+/m0/s1. The van der Waals surface area contributed by atoms with Crippen molar-refractivity contribution in [3.05, 3.63) is 12.3 Å². The Morgan fingerprint density at radius 2 is 2.17 bits per heavy atom. The summed E-state index contributed by atoms with van der Waals surface area (Å²) in [6.07, 6.45) is 5.37. The van der Waals surface area contributed by atoms with Crippen molar-refractivity contribution in [2.24, 2.45) is 0 Å². The molecule has 2 fully saturated rings. The minimum absolute atomic E-state index is 0.173. The molecule has 0 saturated carbocycles.